The highest BCUT2D eigenvalue weighted by Crippen LogP contribution is 2.31. The summed E-state index contributed by atoms with van der Waals surface area (Å²) in [5.41, 5.74) is 2.93. The fraction of sp³-hybridized carbons (Fsp3) is 0.167. The molecule has 0 saturated carbocycles. The van der Waals surface area contributed by atoms with Crippen molar-refractivity contribution in [3.05, 3.63) is 123 Å². The first kappa shape index (κ1) is 24.8. The standard InChI is InChI=1S/C30H25N3O5/c34-26(16-11-20-7-6-8-23(19-20)33(37)38)21-12-14-22(15-13-21)31-27-28(32-17-4-1-5-18-32)30(36)25-10-3-2-9-24(25)29(27)35/h2-3,6-16,19,31H,1,4-5,17-18H2/b16-11+. The minimum Gasteiger partial charge on any atom is -0.367 e. The second kappa shape index (κ2) is 10.6. The number of likely N-dealkylation sites (tertiary alicyclic amines) is 1. The third kappa shape index (κ3) is 5.01. The van der Waals surface area contributed by atoms with Crippen molar-refractivity contribution in [2.24, 2.45) is 0 Å². The molecular weight excluding hydrogens is 482 g/mol. The molecule has 190 valence electrons. The van der Waals surface area contributed by atoms with Gasteiger partial charge in [-0.2, -0.15) is 0 Å². The van der Waals surface area contributed by atoms with E-state index in [0.29, 0.717) is 46.7 Å². The Morgan fingerprint density at radius 3 is 2.24 bits per heavy atom. The average Bonchev–Trinajstić information content (AvgIpc) is 2.95. The van der Waals surface area contributed by atoms with E-state index in [1.165, 1.54) is 24.3 Å². The number of Topliss-reactive ketones (excluding diaryl/α,β-unsaturated/α-hetero) is 2. The van der Waals surface area contributed by atoms with Crippen molar-refractivity contribution in [2.75, 3.05) is 18.4 Å². The molecule has 0 atom stereocenters. The minimum atomic E-state index is -0.486. The van der Waals surface area contributed by atoms with E-state index in [4.69, 9.17) is 0 Å². The van der Waals surface area contributed by atoms with Crippen LogP contribution in [0.2, 0.25) is 0 Å². The number of rotatable bonds is 7. The SMILES string of the molecule is O=C(/C=C/c1cccc([N+](=O)[O-])c1)c1ccc(NC2=C(N3CCCCC3)C(=O)c3ccccc3C2=O)cc1. The number of non-ortho nitro benzene ring substituents is 1. The third-order valence-electron chi connectivity index (χ3n) is 6.71. The monoisotopic (exact) mass is 507 g/mol. The van der Waals surface area contributed by atoms with E-state index >= 15 is 0 Å². The third-order valence-corrected chi connectivity index (χ3v) is 6.71. The van der Waals surface area contributed by atoms with Crippen LogP contribution in [0.4, 0.5) is 11.4 Å². The number of piperidine rings is 1. The molecule has 0 radical (unpaired) electrons. The van der Waals surface area contributed by atoms with Gasteiger partial charge in [0.15, 0.2) is 5.78 Å². The van der Waals surface area contributed by atoms with Gasteiger partial charge in [0.2, 0.25) is 11.6 Å². The highest BCUT2D eigenvalue weighted by atomic mass is 16.6. The van der Waals surface area contributed by atoms with Crippen molar-refractivity contribution < 1.29 is 19.3 Å². The number of nitro groups is 1. The maximum atomic E-state index is 13.5. The Labute approximate surface area is 219 Å². The molecule has 5 rings (SSSR count). The van der Waals surface area contributed by atoms with E-state index in [2.05, 4.69) is 5.32 Å². The lowest BCUT2D eigenvalue weighted by atomic mass is 9.89. The van der Waals surface area contributed by atoms with Gasteiger partial charge in [-0.3, -0.25) is 24.5 Å². The van der Waals surface area contributed by atoms with Crippen LogP contribution in [0.3, 0.4) is 0 Å². The molecule has 8 nitrogen and oxygen atoms in total. The second-order valence-electron chi connectivity index (χ2n) is 9.23. The van der Waals surface area contributed by atoms with Gasteiger partial charge in [-0.25, -0.2) is 0 Å². The molecule has 0 bridgehead atoms. The highest BCUT2D eigenvalue weighted by molar-refractivity contribution is 6.27. The number of fused-ring (bicyclic) bond motifs is 1. The lowest BCUT2D eigenvalue weighted by molar-refractivity contribution is -0.384. The quantitative estimate of drug-likeness (QED) is 0.190. The zero-order chi connectivity index (χ0) is 26.6. The molecule has 0 unspecified atom stereocenters. The van der Waals surface area contributed by atoms with Crippen molar-refractivity contribution in [1.82, 2.24) is 4.90 Å². The van der Waals surface area contributed by atoms with Crippen LogP contribution in [0.5, 0.6) is 0 Å². The average molecular weight is 508 g/mol. The zero-order valence-electron chi connectivity index (χ0n) is 20.6. The molecule has 0 aromatic heterocycles. The van der Waals surface area contributed by atoms with Gasteiger partial charge in [-0.05, 0) is 55.2 Å². The number of hydrogen-bond donors (Lipinski definition) is 1. The van der Waals surface area contributed by atoms with Crippen LogP contribution < -0.4 is 5.32 Å². The molecule has 0 amide bonds. The van der Waals surface area contributed by atoms with Crippen LogP contribution in [0.15, 0.2) is 90.3 Å². The predicted molar refractivity (Wildman–Crippen MR) is 144 cm³/mol. The summed E-state index contributed by atoms with van der Waals surface area (Å²) in [5, 5.41) is 14.1. The molecule has 8 heteroatoms. The summed E-state index contributed by atoms with van der Waals surface area (Å²) in [4.78, 5) is 52.1. The first-order chi connectivity index (χ1) is 18.4. The smallest absolute Gasteiger partial charge is 0.270 e. The molecule has 1 N–H and O–H groups in total. The number of allylic oxidation sites excluding steroid dienone is 3. The van der Waals surface area contributed by atoms with Gasteiger partial charge in [-0.1, -0.05) is 42.5 Å². The van der Waals surface area contributed by atoms with Gasteiger partial charge < -0.3 is 10.2 Å². The van der Waals surface area contributed by atoms with E-state index in [-0.39, 0.29) is 28.7 Å². The van der Waals surface area contributed by atoms with Gasteiger partial charge >= 0.3 is 0 Å². The van der Waals surface area contributed by atoms with Crippen LogP contribution in [0, 0.1) is 10.1 Å². The summed E-state index contributed by atoms with van der Waals surface area (Å²) >= 11 is 0. The molecule has 1 aliphatic carbocycles. The van der Waals surface area contributed by atoms with Crippen LogP contribution >= 0.6 is 0 Å². The second-order valence-corrected chi connectivity index (χ2v) is 9.23. The fourth-order valence-electron chi connectivity index (χ4n) is 4.77. The molecule has 1 fully saturated rings. The normalized spacial score (nSPS) is 15.5. The molecule has 3 aromatic rings. The lowest BCUT2D eigenvalue weighted by Crippen LogP contribution is -2.39. The van der Waals surface area contributed by atoms with E-state index in [9.17, 15) is 24.5 Å². The van der Waals surface area contributed by atoms with E-state index < -0.39 is 4.92 Å². The Bertz CT molecular complexity index is 1500. The number of carbonyl (C=O) groups excluding carboxylic acids is 3. The van der Waals surface area contributed by atoms with Crippen molar-refractivity contribution in [2.45, 2.75) is 19.3 Å². The maximum absolute atomic E-state index is 13.5. The van der Waals surface area contributed by atoms with Crippen molar-refractivity contribution in [3.63, 3.8) is 0 Å². The Morgan fingerprint density at radius 2 is 1.55 bits per heavy atom. The fourth-order valence-corrected chi connectivity index (χ4v) is 4.77. The van der Waals surface area contributed by atoms with Gasteiger partial charge in [0.1, 0.15) is 11.4 Å². The Kier molecular flexibility index (Phi) is 6.95. The molecule has 1 saturated heterocycles. The first-order valence-electron chi connectivity index (χ1n) is 12.4. The summed E-state index contributed by atoms with van der Waals surface area (Å²) in [6.45, 7) is 1.43. The molecule has 1 aliphatic heterocycles. The van der Waals surface area contributed by atoms with Crippen LogP contribution in [0.25, 0.3) is 6.08 Å². The van der Waals surface area contributed by atoms with Crippen molar-refractivity contribution in [3.8, 4) is 0 Å². The summed E-state index contributed by atoms with van der Waals surface area (Å²) in [6.07, 6.45) is 5.90. The van der Waals surface area contributed by atoms with Gasteiger partial charge in [-0.15, -0.1) is 0 Å². The van der Waals surface area contributed by atoms with Gasteiger partial charge in [0, 0.05) is 47.6 Å². The van der Waals surface area contributed by atoms with E-state index in [1.54, 1.807) is 60.7 Å². The Morgan fingerprint density at radius 1 is 0.868 bits per heavy atom. The molecular formula is C30H25N3O5. The number of nitrogens with zero attached hydrogens (tertiary/aromatic N) is 2. The summed E-state index contributed by atoms with van der Waals surface area (Å²) in [6, 6.07) is 19.5. The molecule has 0 spiro atoms. The van der Waals surface area contributed by atoms with Gasteiger partial charge in [0.25, 0.3) is 5.69 Å². The number of hydrogen-bond acceptors (Lipinski definition) is 7. The number of nitro benzene ring substituents is 1. The summed E-state index contributed by atoms with van der Waals surface area (Å²) in [5.74, 6) is -0.669. The number of anilines is 1. The predicted octanol–water partition coefficient (Wildman–Crippen LogP) is 5.68. The lowest BCUT2D eigenvalue weighted by Gasteiger charge is -2.34. The van der Waals surface area contributed by atoms with Crippen LogP contribution in [-0.2, 0) is 0 Å². The largest absolute Gasteiger partial charge is 0.367 e. The zero-order valence-corrected chi connectivity index (χ0v) is 20.6. The number of benzene rings is 3. The first-order valence-corrected chi connectivity index (χ1v) is 12.4. The number of nitrogens with one attached hydrogen (secondary N) is 1. The Hall–Kier alpha value is -4.85. The molecule has 3 aromatic carbocycles. The molecule has 1 heterocycles. The summed E-state index contributed by atoms with van der Waals surface area (Å²) < 4.78 is 0. The van der Waals surface area contributed by atoms with Crippen molar-refractivity contribution >= 4 is 34.8 Å². The van der Waals surface area contributed by atoms with Crippen LogP contribution in [-0.4, -0.2) is 40.3 Å². The Balaban J connectivity index is 1.39. The van der Waals surface area contributed by atoms with Crippen LogP contribution in [0.1, 0.15) is 55.9 Å². The topological polar surface area (TPSA) is 110 Å². The maximum Gasteiger partial charge on any atom is 0.270 e. The van der Waals surface area contributed by atoms with E-state index in [1.807, 2.05) is 4.90 Å². The number of ketones is 3. The molecule has 2 aliphatic rings. The van der Waals surface area contributed by atoms with E-state index in [0.717, 1.165) is 19.3 Å². The minimum absolute atomic E-state index is 0.0494. The van der Waals surface area contributed by atoms with Gasteiger partial charge in [0.05, 0.1) is 4.92 Å². The van der Waals surface area contributed by atoms with Crippen molar-refractivity contribution in [1.29, 1.82) is 0 Å². The number of carbonyl (C=O) groups is 3. The summed E-state index contributed by atoms with van der Waals surface area (Å²) in [7, 11) is 0. The highest BCUT2D eigenvalue weighted by Gasteiger charge is 2.35. The molecule has 38 heavy (non-hydrogen) atoms.